The molecule has 1 amide bonds. The molecule has 1 aromatic carbocycles. The van der Waals surface area contributed by atoms with Gasteiger partial charge in [-0.2, -0.15) is 0 Å². The van der Waals surface area contributed by atoms with Gasteiger partial charge in [0.25, 0.3) is 5.91 Å². The summed E-state index contributed by atoms with van der Waals surface area (Å²) in [6.07, 6.45) is -0.490. The van der Waals surface area contributed by atoms with Crippen LogP contribution in [0.2, 0.25) is 0 Å². The lowest BCUT2D eigenvalue weighted by atomic mass is 10.1. The Morgan fingerprint density at radius 3 is 2.78 bits per heavy atom. The molecule has 0 radical (unpaired) electrons. The number of aryl methyl sites for hydroxylation is 1. The van der Waals surface area contributed by atoms with Gasteiger partial charge in [0, 0.05) is 30.2 Å². The van der Waals surface area contributed by atoms with Crippen LogP contribution in [0.15, 0.2) is 22.7 Å². The third-order valence-electron chi connectivity index (χ3n) is 3.37. The van der Waals surface area contributed by atoms with Crippen LogP contribution in [0.1, 0.15) is 15.9 Å². The van der Waals surface area contributed by atoms with E-state index in [1.807, 2.05) is 19.1 Å². The Labute approximate surface area is 115 Å². The highest BCUT2D eigenvalue weighted by Crippen LogP contribution is 2.19. The lowest BCUT2D eigenvalue weighted by Crippen LogP contribution is -2.44. The van der Waals surface area contributed by atoms with E-state index in [1.165, 1.54) is 0 Å². The van der Waals surface area contributed by atoms with Crippen molar-refractivity contribution >= 4 is 21.8 Å². The molecule has 1 aliphatic rings. The standard InChI is InChI=1S/C13H17BrN2O2/c1-8-5-9(3-4-10(8)14)13(18)16(2)11-6-15-7-12(11)17/h3-5,11-12,15,17H,6-7H2,1-2H3/t11-,12-/m1/s1. The largest absolute Gasteiger partial charge is 0.390 e. The molecule has 0 spiro atoms. The molecule has 98 valence electrons. The highest BCUT2D eigenvalue weighted by atomic mass is 79.9. The first kappa shape index (κ1) is 13.5. The number of aliphatic hydroxyl groups excluding tert-OH is 1. The zero-order valence-electron chi connectivity index (χ0n) is 10.5. The van der Waals surface area contributed by atoms with Crippen LogP contribution in [0.25, 0.3) is 0 Å². The number of rotatable bonds is 2. The Bertz CT molecular complexity index is 464. The van der Waals surface area contributed by atoms with E-state index in [0.717, 1.165) is 10.0 Å². The molecule has 1 aliphatic heterocycles. The van der Waals surface area contributed by atoms with Crippen molar-refractivity contribution in [3.63, 3.8) is 0 Å². The molecule has 1 aromatic rings. The number of likely N-dealkylation sites (N-methyl/N-ethyl adjacent to an activating group) is 1. The van der Waals surface area contributed by atoms with Crippen LogP contribution in [0.5, 0.6) is 0 Å². The molecule has 4 nitrogen and oxygen atoms in total. The molecule has 0 unspecified atom stereocenters. The van der Waals surface area contributed by atoms with Gasteiger partial charge in [0.05, 0.1) is 12.1 Å². The average molecular weight is 313 g/mol. The van der Waals surface area contributed by atoms with Gasteiger partial charge in [-0.3, -0.25) is 4.79 Å². The predicted octanol–water partition coefficient (Wildman–Crippen LogP) is 1.16. The van der Waals surface area contributed by atoms with E-state index in [2.05, 4.69) is 21.2 Å². The summed E-state index contributed by atoms with van der Waals surface area (Å²) in [4.78, 5) is 13.9. The van der Waals surface area contributed by atoms with Crippen LogP contribution in [0.3, 0.4) is 0 Å². The van der Waals surface area contributed by atoms with Crippen LogP contribution in [-0.2, 0) is 0 Å². The van der Waals surface area contributed by atoms with Gasteiger partial charge in [0.2, 0.25) is 0 Å². The third-order valence-corrected chi connectivity index (χ3v) is 4.26. The van der Waals surface area contributed by atoms with Gasteiger partial charge in [-0.05, 0) is 30.7 Å². The molecule has 18 heavy (non-hydrogen) atoms. The summed E-state index contributed by atoms with van der Waals surface area (Å²) in [7, 11) is 1.74. The number of carbonyl (C=O) groups is 1. The maximum absolute atomic E-state index is 12.3. The molecule has 2 N–H and O–H groups in total. The van der Waals surface area contributed by atoms with Gasteiger partial charge >= 0.3 is 0 Å². The molecule has 2 atom stereocenters. The number of β-amino-alcohol motifs (C(OH)–C–C–N with tert-alkyl or cyclic N) is 1. The van der Waals surface area contributed by atoms with Crippen LogP contribution >= 0.6 is 15.9 Å². The van der Waals surface area contributed by atoms with Gasteiger partial charge in [0.15, 0.2) is 0 Å². The van der Waals surface area contributed by atoms with E-state index in [1.54, 1.807) is 18.0 Å². The minimum absolute atomic E-state index is 0.0571. The first-order valence-corrected chi connectivity index (χ1v) is 6.72. The van der Waals surface area contributed by atoms with E-state index in [0.29, 0.717) is 18.7 Å². The highest BCUT2D eigenvalue weighted by molar-refractivity contribution is 9.10. The second-order valence-corrected chi connectivity index (χ2v) is 5.53. The maximum Gasteiger partial charge on any atom is 0.253 e. The first-order valence-electron chi connectivity index (χ1n) is 5.93. The monoisotopic (exact) mass is 312 g/mol. The molecule has 0 bridgehead atoms. The molecular formula is C13H17BrN2O2. The van der Waals surface area contributed by atoms with Gasteiger partial charge in [-0.25, -0.2) is 0 Å². The quantitative estimate of drug-likeness (QED) is 0.861. The van der Waals surface area contributed by atoms with E-state index < -0.39 is 6.10 Å². The second kappa shape index (κ2) is 5.38. The van der Waals surface area contributed by atoms with Crippen molar-refractivity contribution in [1.29, 1.82) is 0 Å². The van der Waals surface area contributed by atoms with E-state index in [4.69, 9.17) is 0 Å². The van der Waals surface area contributed by atoms with Crippen molar-refractivity contribution in [1.82, 2.24) is 10.2 Å². The summed E-state index contributed by atoms with van der Waals surface area (Å²) in [5.74, 6) is -0.0571. The third kappa shape index (κ3) is 2.58. The number of aliphatic hydroxyl groups is 1. The van der Waals surface area contributed by atoms with Gasteiger partial charge in [-0.1, -0.05) is 15.9 Å². The van der Waals surface area contributed by atoms with Crippen molar-refractivity contribution in [2.24, 2.45) is 0 Å². The van der Waals surface area contributed by atoms with E-state index in [-0.39, 0.29) is 11.9 Å². The summed E-state index contributed by atoms with van der Waals surface area (Å²) in [6.45, 7) is 3.13. The van der Waals surface area contributed by atoms with Crippen LogP contribution < -0.4 is 5.32 Å². The van der Waals surface area contributed by atoms with Gasteiger partial charge < -0.3 is 15.3 Å². The summed E-state index contributed by atoms with van der Waals surface area (Å²) in [5.41, 5.74) is 1.68. The summed E-state index contributed by atoms with van der Waals surface area (Å²) < 4.78 is 0.990. The average Bonchev–Trinajstić information content (AvgIpc) is 2.77. The van der Waals surface area contributed by atoms with Crippen LogP contribution in [-0.4, -0.2) is 48.2 Å². The number of amides is 1. The topological polar surface area (TPSA) is 52.6 Å². The van der Waals surface area contributed by atoms with Crippen molar-refractivity contribution in [3.05, 3.63) is 33.8 Å². The fourth-order valence-corrected chi connectivity index (χ4v) is 2.42. The van der Waals surface area contributed by atoms with E-state index in [9.17, 15) is 9.90 Å². The van der Waals surface area contributed by atoms with Crippen molar-refractivity contribution < 1.29 is 9.90 Å². The summed E-state index contributed by atoms with van der Waals surface area (Å²) in [5, 5.41) is 12.9. The summed E-state index contributed by atoms with van der Waals surface area (Å²) >= 11 is 3.42. The SMILES string of the molecule is Cc1cc(C(=O)N(C)[C@@H]2CNC[C@H]2O)ccc1Br. The Morgan fingerprint density at radius 1 is 1.50 bits per heavy atom. The van der Waals surface area contributed by atoms with Gasteiger partial charge in [0.1, 0.15) is 0 Å². The van der Waals surface area contributed by atoms with Crippen molar-refractivity contribution in [2.45, 2.75) is 19.1 Å². The lowest BCUT2D eigenvalue weighted by Gasteiger charge is -2.26. The Kier molecular flexibility index (Phi) is 4.04. The van der Waals surface area contributed by atoms with E-state index >= 15 is 0 Å². The molecule has 1 heterocycles. The smallest absolute Gasteiger partial charge is 0.253 e. The van der Waals surface area contributed by atoms with Crippen molar-refractivity contribution in [3.8, 4) is 0 Å². The number of nitrogens with zero attached hydrogens (tertiary/aromatic N) is 1. The predicted molar refractivity (Wildman–Crippen MR) is 73.6 cm³/mol. The minimum Gasteiger partial charge on any atom is -0.390 e. The van der Waals surface area contributed by atoms with Gasteiger partial charge in [-0.15, -0.1) is 0 Å². The molecule has 1 fully saturated rings. The molecule has 5 heteroatoms. The highest BCUT2D eigenvalue weighted by Gasteiger charge is 2.31. The Balaban J connectivity index is 2.17. The normalized spacial score (nSPS) is 23.1. The number of hydrogen-bond donors (Lipinski definition) is 2. The molecular weight excluding hydrogens is 296 g/mol. The lowest BCUT2D eigenvalue weighted by molar-refractivity contribution is 0.0581. The zero-order valence-corrected chi connectivity index (χ0v) is 12.1. The number of hydrogen-bond acceptors (Lipinski definition) is 3. The second-order valence-electron chi connectivity index (χ2n) is 4.67. The fourth-order valence-electron chi connectivity index (χ4n) is 2.18. The maximum atomic E-state index is 12.3. The van der Waals surface area contributed by atoms with Crippen LogP contribution in [0.4, 0.5) is 0 Å². The molecule has 1 saturated heterocycles. The number of carbonyl (C=O) groups excluding carboxylic acids is 1. The minimum atomic E-state index is -0.490. The fraction of sp³-hybridized carbons (Fsp3) is 0.462. The molecule has 0 aromatic heterocycles. The number of nitrogens with one attached hydrogen (secondary N) is 1. The summed E-state index contributed by atoms with van der Waals surface area (Å²) in [6, 6.07) is 5.38. The molecule has 0 saturated carbocycles. The Hall–Kier alpha value is -0.910. The zero-order chi connectivity index (χ0) is 13.3. The number of halogens is 1. The van der Waals surface area contributed by atoms with Crippen LogP contribution in [0, 0.1) is 6.92 Å². The van der Waals surface area contributed by atoms with Crippen molar-refractivity contribution in [2.75, 3.05) is 20.1 Å². The molecule has 2 rings (SSSR count). The Morgan fingerprint density at radius 2 is 2.22 bits per heavy atom. The number of benzene rings is 1. The first-order chi connectivity index (χ1) is 8.50. The molecule has 0 aliphatic carbocycles.